The first-order valence-electron chi connectivity index (χ1n) is 7.93. The van der Waals surface area contributed by atoms with Gasteiger partial charge in [0.2, 0.25) is 0 Å². The zero-order valence-electron chi connectivity index (χ0n) is 14.3. The van der Waals surface area contributed by atoms with Gasteiger partial charge in [0.05, 0.1) is 11.3 Å². The van der Waals surface area contributed by atoms with Crippen molar-refractivity contribution in [1.29, 1.82) is 0 Å². The van der Waals surface area contributed by atoms with Gasteiger partial charge in [-0.15, -0.1) is 0 Å². The van der Waals surface area contributed by atoms with Gasteiger partial charge in [-0.05, 0) is 48.4 Å². The summed E-state index contributed by atoms with van der Waals surface area (Å²) in [7, 11) is 0. The lowest BCUT2D eigenvalue weighted by Crippen LogP contribution is -2.54. The van der Waals surface area contributed by atoms with Crippen molar-refractivity contribution in [2.45, 2.75) is 13.1 Å². The summed E-state index contributed by atoms with van der Waals surface area (Å²) >= 11 is 6.03. The molecule has 1 aliphatic heterocycles. The highest BCUT2D eigenvalue weighted by Crippen LogP contribution is 2.31. The third-order valence-corrected chi connectivity index (χ3v) is 4.45. The predicted octanol–water partition coefficient (Wildman–Crippen LogP) is 4.33. The summed E-state index contributed by atoms with van der Waals surface area (Å²) in [4.78, 5) is 37.7. The number of halogens is 4. The van der Waals surface area contributed by atoms with Gasteiger partial charge in [0.15, 0.2) is 0 Å². The number of aryl methyl sites for hydroxylation is 1. The van der Waals surface area contributed by atoms with E-state index in [1.807, 2.05) is 5.32 Å². The molecule has 0 bridgehead atoms. The van der Waals surface area contributed by atoms with Crippen molar-refractivity contribution in [2.75, 3.05) is 4.90 Å². The lowest BCUT2D eigenvalue weighted by Gasteiger charge is -2.26. The van der Waals surface area contributed by atoms with Crippen LogP contribution in [0.5, 0.6) is 0 Å². The summed E-state index contributed by atoms with van der Waals surface area (Å²) in [5.74, 6) is -1.96. The van der Waals surface area contributed by atoms with Gasteiger partial charge < -0.3 is 0 Å². The van der Waals surface area contributed by atoms with Gasteiger partial charge in [0.1, 0.15) is 5.57 Å². The van der Waals surface area contributed by atoms with Crippen LogP contribution in [-0.2, 0) is 15.8 Å². The van der Waals surface area contributed by atoms with Crippen LogP contribution in [0.3, 0.4) is 0 Å². The summed E-state index contributed by atoms with van der Waals surface area (Å²) in [5, 5.41) is 2.31. The number of imide groups is 2. The average Bonchev–Trinajstić information content (AvgIpc) is 2.61. The number of nitrogens with one attached hydrogen (secondary N) is 1. The molecule has 0 aliphatic carbocycles. The number of hydrogen-bond donors (Lipinski definition) is 1. The summed E-state index contributed by atoms with van der Waals surface area (Å²) in [5.41, 5.74) is -0.574. The van der Waals surface area contributed by atoms with E-state index in [0.717, 1.165) is 24.3 Å². The molecule has 144 valence electrons. The van der Waals surface area contributed by atoms with Gasteiger partial charge in [-0.2, -0.15) is 13.2 Å². The molecule has 0 spiro atoms. The Labute approximate surface area is 162 Å². The van der Waals surface area contributed by atoms with Crippen molar-refractivity contribution in [2.24, 2.45) is 0 Å². The van der Waals surface area contributed by atoms with E-state index in [-0.39, 0.29) is 11.3 Å². The fourth-order valence-corrected chi connectivity index (χ4v) is 2.76. The van der Waals surface area contributed by atoms with E-state index >= 15 is 0 Å². The van der Waals surface area contributed by atoms with Crippen molar-refractivity contribution in [3.63, 3.8) is 0 Å². The van der Waals surface area contributed by atoms with E-state index in [9.17, 15) is 27.6 Å². The summed E-state index contributed by atoms with van der Waals surface area (Å²) < 4.78 is 38.6. The number of hydrogen-bond acceptors (Lipinski definition) is 3. The van der Waals surface area contributed by atoms with Crippen LogP contribution in [0.25, 0.3) is 6.08 Å². The van der Waals surface area contributed by atoms with Gasteiger partial charge in [-0.1, -0.05) is 29.8 Å². The molecule has 5 nitrogen and oxygen atoms in total. The zero-order chi connectivity index (χ0) is 20.6. The Balaban J connectivity index is 2.03. The van der Waals surface area contributed by atoms with Crippen LogP contribution in [-0.4, -0.2) is 17.8 Å². The third kappa shape index (κ3) is 3.77. The van der Waals surface area contributed by atoms with Crippen LogP contribution < -0.4 is 10.2 Å². The molecule has 1 N–H and O–H groups in total. The molecule has 0 atom stereocenters. The monoisotopic (exact) mass is 408 g/mol. The summed E-state index contributed by atoms with van der Waals surface area (Å²) in [6.45, 7) is 1.73. The van der Waals surface area contributed by atoms with Crippen molar-refractivity contribution in [3.05, 3.63) is 69.8 Å². The topological polar surface area (TPSA) is 66.5 Å². The number of urea groups is 1. The normalized spacial score (nSPS) is 16.5. The SMILES string of the molecule is Cc1ccc(N2C(=O)NC(=O)/C(=C/c3cccc(C(F)(F)F)c3)C2=O)cc1Cl. The minimum absolute atomic E-state index is 0.00966. The van der Waals surface area contributed by atoms with Crippen LogP contribution in [0.2, 0.25) is 5.02 Å². The van der Waals surface area contributed by atoms with Crippen LogP contribution in [0.15, 0.2) is 48.0 Å². The number of nitrogens with zero attached hydrogens (tertiary/aromatic N) is 1. The van der Waals surface area contributed by atoms with Crippen LogP contribution >= 0.6 is 11.6 Å². The largest absolute Gasteiger partial charge is 0.416 e. The second-order valence-corrected chi connectivity index (χ2v) is 6.42. The van der Waals surface area contributed by atoms with Gasteiger partial charge in [0, 0.05) is 5.02 Å². The number of carbonyl (C=O) groups is 3. The lowest BCUT2D eigenvalue weighted by molar-refractivity contribution is -0.137. The Kier molecular flexibility index (Phi) is 4.99. The number of amides is 4. The predicted molar refractivity (Wildman–Crippen MR) is 96.6 cm³/mol. The second kappa shape index (κ2) is 7.12. The molecule has 1 fully saturated rings. The highest BCUT2D eigenvalue weighted by Gasteiger charge is 2.37. The standard InChI is InChI=1S/C19H12ClF3N2O3/c1-10-5-6-13(9-15(10)20)25-17(27)14(16(26)24-18(25)28)8-11-3-2-4-12(7-11)19(21,22)23/h2-9H,1H3,(H,24,26,28)/b14-8-. The summed E-state index contributed by atoms with van der Waals surface area (Å²) in [6, 6.07) is 7.60. The summed E-state index contributed by atoms with van der Waals surface area (Å²) in [6.07, 6.45) is -3.57. The molecule has 0 radical (unpaired) electrons. The third-order valence-electron chi connectivity index (χ3n) is 4.04. The van der Waals surface area contributed by atoms with E-state index < -0.39 is 35.2 Å². The number of benzene rings is 2. The molecule has 2 aromatic carbocycles. The number of alkyl halides is 3. The minimum Gasteiger partial charge on any atom is -0.273 e. The molecule has 0 aromatic heterocycles. The molecular formula is C19H12ClF3N2O3. The lowest BCUT2D eigenvalue weighted by atomic mass is 10.0. The maximum Gasteiger partial charge on any atom is 0.416 e. The van der Waals surface area contributed by atoms with E-state index in [1.54, 1.807) is 13.0 Å². The van der Waals surface area contributed by atoms with E-state index in [4.69, 9.17) is 11.6 Å². The Morgan fingerprint density at radius 2 is 1.79 bits per heavy atom. The van der Waals surface area contributed by atoms with Crippen LogP contribution in [0.4, 0.5) is 23.7 Å². The first-order valence-corrected chi connectivity index (χ1v) is 8.30. The molecule has 1 aliphatic rings. The highest BCUT2D eigenvalue weighted by atomic mass is 35.5. The van der Waals surface area contributed by atoms with Crippen LogP contribution in [0, 0.1) is 6.92 Å². The maximum absolute atomic E-state index is 12.9. The quantitative estimate of drug-likeness (QED) is 0.594. The Morgan fingerprint density at radius 1 is 1.07 bits per heavy atom. The molecule has 9 heteroatoms. The molecular weight excluding hydrogens is 397 g/mol. The maximum atomic E-state index is 12.9. The molecule has 4 amide bonds. The molecule has 0 saturated carbocycles. The number of barbiturate groups is 1. The van der Waals surface area contributed by atoms with Crippen molar-refractivity contribution < 1.29 is 27.6 Å². The fraction of sp³-hybridized carbons (Fsp3) is 0.105. The van der Waals surface area contributed by atoms with Gasteiger partial charge in [-0.3, -0.25) is 14.9 Å². The Morgan fingerprint density at radius 3 is 2.43 bits per heavy atom. The Hall–Kier alpha value is -3.13. The zero-order valence-corrected chi connectivity index (χ0v) is 15.1. The van der Waals surface area contributed by atoms with Crippen molar-refractivity contribution in [3.8, 4) is 0 Å². The first kappa shape index (κ1) is 19.6. The van der Waals surface area contributed by atoms with E-state index in [2.05, 4.69) is 0 Å². The molecule has 3 rings (SSSR count). The first-order chi connectivity index (χ1) is 13.1. The van der Waals surface area contributed by atoms with Crippen LogP contribution in [0.1, 0.15) is 16.7 Å². The fourth-order valence-electron chi connectivity index (χ4n) is 2.58. The molecule has 1 saturated heterocycles. The van der Waals surface area contributed by atoms with Gasteiger partial charge in [-0.25, -0.2) is 9.69 Å². The smallest absolute Gasteiger partial charge is 0.273 e. The Bertz CT molecular complexity index is 1030. The number of rotatable bonds is 2. The average molecular weight is 409 g/mol. The van der Waals surface area contributed by atoms with Gasteiger partial charge >= 0.3 is 12.2 Å². The molecule has 2 aromatic rings. The second-order valence-electron chi connectivity index (χ2n) is 6.01. The highest BCUT2D eigenvalue weighted by molar-refractivity contribution is 6.39. The van der Waals surface area contributed by atoms with E-state index in [1.165, 1.54) is 18.2 Å². The van der Waals surface area contributed by atoms with E-state index in [0.29, 0.717) is 15.5 Å². The molecule has 28 heavy (non-hydrogen) atoms. The van der Waals surface area contributed by atoms with Gasteiger partial charge in [0.25, 0.3) is 11.8 Å². The van der Waals surface area contributed by atoms with Crippen molar-refractivity contribution in [1.82, 2.24) is 5.32 Å². The minimum atomic E-state index is -4.58. The van der Waals surface area contributed by atoms with Crippen molar-refractivity contribution >= 4 is 41.2 Å². The number of carbonyl (C=O) groups excluding carboxylic acids is 3. The molecule has 0 unspecified atom stereocenters. The molecule has 1 heterocycles. The number of anilines is 1.